The fourth-order valence-corrected chi connectivity index (χ4v) is 3.00. The minimum Gasteiger partial charge on any atom is -0.469 e. The molecule has 1 aliphatic heterocycles. The van der Waals surface area contributed by atoms with Gasteiger partial charge in [0.15, 0.2) is 0 Å². The van der Waals surface area contributed by atoms with E-state index in [0.717, 1.165) is 6.42 Å². The van der Waals surface area contributed by atoms with Crippen LogP contribution in [0.1, 0.15) is 23.6 Å². The van der Waals surface area contributed by atoms with Crippen LogP contribution in [0.25, 0.3) is 0 Å². The van der Waals surface area contributed by atoms with E-state index < -0.39 is 0 Å². The first-order chi connectivity index (χ1) is 12.2. The summed E-state index contributed by atoms with van der Waals surface area (Å²) in [6, 6.07) is 15.3. The number of likely N-dealkylation sites (tertiary alicyclic amines) is 1. The van der Waals surface area contributed by atoms with Crippen molar-refractivity contribution in [1.29, 1.82) is 0 Å². The molecule has 0 bridgehead atoms. The minimum atomic E-state index is -0.360. The fraction of sp³-hybridized carbons (Fsp3) is 0.316. The van der Waals surface area contributed by atoms with Gasteiger partial charge in [0.1, 0.15) is 5.82 Å². The van der Waals surface area contributed by atoms with Gasteiger partial charge in [-0.15, -0.1) is 0 Å². The highest BCUT2D eigenvalue weighted by Gasteiger charge is 2.27. The smallest absolute Gasteiger partial charge is 0.323 e. The summed E-state index contributed by atoms with van der Waals surface area (Å²) in [6.45, 7) is 1.41. The fourth-order valence-electron chi connectivity index (χ4n) is 3.00. The Morgan fingerprint density at radius 2 is 2.00 bits per heavy atom. The predicted molar refractivity (Wildman–Crippen MR) is 94.3 cm³/mol. The number of pyridine rings is 1. The molecule has 1 fully saturated rings. The van der Waals surface area contributed by atoms with E-state index in [1.165, 1.54) is 12.7 Å². The molecule has 2 aromatic rings. The number of esters is 1. The summed E-state index contributed by atoms with van der Waals surface area (Å²) < 4.78 is 4.64. The van der Waals surface area contributed by atoms with Crippen LogP contribution >= 0.6 is 0 Å². The third-order valence-corrected chi connectivity index (χ3v) is 4.34. The first kappa shape index (κ1) is 17.0. The molecule has 3 rings (SSSR count). The second-order valence-corrected chi connectivity index (χ2v) is 6.04. The van der Waals surface area contributed by atoms with E-state index >= 15 is 0 Å². The lowest BCUT2D eigenvalue weighted by atomic mass is 9.99. The Bertz CT molecular complexity index is 749. The van der Waals surface area contributed by atoms with Crippen molar-refractivity contribution in [2.45, 2.75) is 18.8 Å². The van der Waals surface area contributed by atoms with Crippen LogP contribution in [-0.2, 0) is 16.0 Å². The number of hydrogen-bond donors (Lipinski definition) is 1. The molecule has 1 aromatic heterocycles. The van der Waals surface area contributed by atoms with E-state index in [2.05, 4.69) is 27.2 Å². The average molecular weight is 339 g/mol. The minimum absolute atomic E-state index is 0.0833. The van der Waals surface area contributed by atoms with Gasteiger partial charge in [-0.3, -0.25) is 10.1 Å². The number of ether oxygens (including phenoxy) is 1. The quantitative estimate of drug-likeness (QED) is 0.870. The second kappa shape index (κ2) is 7.79. The van der Waals surface area contributed by atoms with Crippen molar-refractivity contribution in [2.24, 2.45) is 0 Å². The number of benzene rings is 1. The lowest BCUT2D eigenvalue weighted by Crippen LogP contribution is -2.33. The molecule has 2 heterocycles. The van der Waals surface area contributed by atoms with Crippen molar-refractivity contribution in [3.05, 3.63) is 59.8 Å². The van der Waals surface area contributed by atoms with Gasteiger partial charge in [-0.2, -0.15) is 0 Å². The van der Waals surface area contributed by atoms with Crippen molar-refractivity contribution in [2.75, 3.05) is 25.5 Å². The first-order valence-corrected chi connectivity index (χ1v) is 8.29. The number of carbonyl (C=O) groups excluding carboxylic acids is 2. The Morgan fingerprint density at radius 3 is 2.76 bits per heavy atom. The summed E-state index contributed by atoms with van der Waals surface area (Å²) in [5, 5.41) is 2.81. The Morgan fingerprint density at radius 1 is 1.20 bits per heavy atom. The number of nitrogens with zero attached hydrogens (tertiary/aromatic N) is 2. The standard InChI is InChI=1S/C19H21N3O3/c1-25-18(23)12-16-8-5-9-17(20-16)21-19(24)22-11-10-15(13-22)14-6-3-2-4-7-14/h2-9,15H,10-13H2,1H3,(H,20,21,24)/t15-/m0/s1. The van der Waals surface area contributed by atoms with Crippen molar-refractivity contribution < 1.29 is 14.3 Å². The molecule has 1 atom stereocenters. The zero-order valence-corrected chi connectivity index (χ0v) is 14.1. The molecule has 6 nitrogen and oxygen atoms in total. The lowest BCUT2D eigenvalue weighted by molar-refractivity contribution is -0.139. The molecule has 1 aromatic carbocycles. The Balaban J connectivity index is 1.59. The van der Waals surface area contributed by atoms with Crippen molar-refractivity contribution in [3.63, 3.8) is 0 Å². The molecule has 1 aliphatic rings. The van der Waals surface area contributed by atoms with E-state index in [1.807, 2.05) is 18.2 Å². The number of hydrogen-bond acceptors (Lipinski definition) is 4. The summed E-state index contributed by atoms with van der Waals surface area (Å²) >= 11 is 0. The van der Waals surface area contributed by atoms with E-state index in [4.69, 9.17) is 0 Å². The summed E-state index contributed by atoms with van der Waals surface area (Å²) in [5.74, 6) is 0.446. The zero-order valence-electron chi connectivity index (χ0n) is 14.1. The third-order valence-electron chi connectivity index (χ3n) is 4.34. The Labute approximate surface area is 146 Å². The maximum atomic E-state index is 12.5. The van der Waals surface area contributed by atoms with Crippen LogP contribution < -0.4 is 5.32 Å². The monoisotopic (exact) mass is 339 g/mol. The summed E-state index contributed by atoms with van der Waals surface area (Å²) in [6.07, 6.45) is 1.03. The van der Waals surface area contributed by atoms with E-state index in [1.54, 1.807) is 23.1 Å². The number of rotatable bonds is 4. The molecule has 0 saturated carbocycles. The Hall–Kier alpha value is -2.89. The van der Waals surface area contributed by atoms with E-state index in [-0.39, 0.29) is 18.4 Å². The molecular weight excluding hydrogens is 318 g/mol. The lowest BCUT2D eigenvalue weighted by Gasteiger charge is -2.17. The van der Waals surface area contributed by atoms with E-state index in [9.17, 15) is 9.59 Å². The highest BCUT2D eigenvalue weighted by Crippen LogP contribution is 2.27. The van der Waals surface area contributed by atoms with Crippen molar-refractivity contribution >= 4 is 17.8 Å². The van der Waals surface area contributed by atoms with E-state index in [0.29, 0.717) is 30.5 Å². The van der Waals surface area contributed by atoms with Crippen LogP contribution in [0.15, 0.2) is 48.5 Å². The van der Waals surface area contributed by atoms with Crippen LogP contribution in [0, 0.1) is 0 Å². The second-order valence-electron chi connectivity index (χ2n) is 6.04. The van der Waals surface area contributed by atoms with Crippen LogP contribution in [0.3, 0.4) is 0 Å². The highest BCUT2D eigenvalue weighted by atomic mass is 16.5. The first-order valence-electron chi connectivity index (χ1n) is 8.29. The van der Waals surface area contributed by atoms with Gasteiger partial charge < -0.3 is 9.64 Å². The van der Waals surface area contributed by atoms with Gasteiger partial charge in [0, 0.05) is 19.0 Å². The highest BCUT2D eigenvalue weighted by molar-refractivity contribution is 5.88. The molecule has 6 heteroatoms. The number of anilines is 1. The van der Waals surface area contributed by atoms with Gasteiger partial charge in [-0.05, 0) is 24.1 Å². The SMILES string of the molecule is COC(=O)Cc1cccc(NC(=O)N2CC[C@H](c3ccccc3)C2)n1. The number of urea groups is 1. The molecule has 1 N–H and O–H groups in total. The summed E-state index contributed by atoms with van der Waals surface area (Å²) in [7, 11) is 1.34. The van der Waals surface area contributed by atoms with Crippen LogP contribution in [0.2, 0.25) is 0 Å². The molecule has 1 saturated heterocycles. The molecular formula is C19H21N3O3. The largest absolute Gasteiger partial charge is 0.469 e. The van der Waals surface area contributed by atoms with Crippen LogP contribution in [0.5, 0.6) is 0 Å². The van der Waals surface area contributed by atoms with Crippen LogP contribution in [0.4, 0.5) is 10.6 Å². The topological polar surface area (TPSA) is 71.5 Å². The van der Waals surface area contributed by atoms with Crippen molar-refractivity contribution in [3.8, 4) is 0 Å². The third kappa shape index (κ3) is 4.35. The number of amides is 2. The molecule has 25 heavy (non-hydrogen) atoms. The summed E-state index contributed by atoms with van der Waals surface area (Å²) in [5.41, 5.74) is 1.82. The molecule has 130 valence electrons. The van der Waals surface area contributed by atoms with Crippen LogP contribution in [-0.4, -0.2) is 42.1 Å². The van der Waals surface area contributed by atoms with Gasteiger partial charge in [-0.1, -0.05) is 36.4 Å². The zero-order chi connectivity index (χ0) is 17.6. The molecule has 2 amide bonds. The summed E-state index contributed by atoms with van der Waals surface area (Å²) in [4.78, 5) is 29.9. The molecule has 0 unspecified atom stereocenters. The Kier molecular flexibility index (Phi) is 5.28. The maximum Gasteiger partial charge on any atom is 0.323 e. The van der Waals surface area contributed by atoms with Crippen molar-refractivity contribution in [1.82, 2.24) is 9.88 Å². The normalized spacial score (nSPS) is 16.5. The predicted octanol–water partition coefficient (Wildman–Crippen LogP) is 2.82. The number of aromatic nitrogens is 1. The number of carbonyl (C=O) groups is 2. The van der Waals surface area contributed by atoms with Gasteiger partial charge in [0.25, 0.3) is 0 Å². The van der Waals surface area contributed by atoms with Gasteiger partial charge in [-0.25, -0.2) is 9.78 Å². The maximum absolute atomic E-state index is 12.5. The number of nitrogens with one attached hydrogen (secondary N) is 1. The molecule has 0 aliphatic carbocycles. The number of methoxy groups -OCH3 is 1. The molecule has 0 radical (unpaired) electrons. The van der Waals surface area contributed by atoms with Gasteiger partial charge >= 0.3 is 12.0 Å². The van der Waals surface area contributed by atoms with Gasteiger partial charge in [0.05, 0.1) is 19.2 Å². The molecule has 0 spiro atoms. The van der Waals surface area contributed by atoms with Gasteiger partial charge in [0.2, 0.25) is 0 Å². The average Bonchev–Trinajstić information content (AvgIpc) is 3.13.